The lowest BCUT2D eigenvalue weighted by Crippen LogP contribution is -2.53. The Morgan fingerprint density at radius 3 is 2.71 bits per heavy atom. The third-order valence-corrected chi connectivity index (χ3v) is 5.82. The highest BCUT2D eigenvalue weighted by atomic mass is 15.3. The molecule has 2 aliphatic rings. The number of fused-ring (bicyclic) bond motifs is 1. The third kappa shape index (κ3) is 2.41. The van der Waals surface area contributed by atoms with Crippen LogP contribution in [0.1, 0.15) is 43.2 Å². The van der Waals surface area contributed by atoms with Crippen LogP contribution in [0.5, 0.6) is 0 Å². The highest BCUT2D eigenvalue weighted by molar-refractivity contribution is 5.39. The summed E-state index contributed by atoms with van der Waals surface area (Å²) in [6.45, 7) is 5.40. The lowest BCUT2D eigenvalue weighted by Gasteiger charge is -2.47. The molecular formula is C18H29N3. The second-order valence-corrected chi connectivity index (χ2v) is 7.11. The van der Waals surface area contributed by atoms with Crippen LogP contribution in [0.2, 0.25) is 0 Å². The van der Waals surface area contributed by atoms with Crippen LogP contribution in [0, 0.1) is 0 Å². The molecule has 1 saturated heterocycles. The molecule has 1 aromatic carbocycles. The molecule has 0 spiro atoms. The molecule has 0 saturated carbocycles. The molecule has 1 aliphatic heterocycles. The van der Waals surface area contributed by atoms with E-state index in [4.69, 9.17) is 5.73 Å². The number of hydrogen-bond donors (Lipinski definition) is 1. The van der Waals surface area contributed by atoms with Crippen molar-refractivity contribution in [2.24, 2.45) is 5.73 Å². The SMILES string of the molecule is CC1CCC(CN)(N2CCC(N(C)C)C2)c2ccccc21. The van der Waals surface area contributed by atoms with Gasteiger partial charge in [0, 0.05) is 25.7 Å². The first-order valence-corrected chi connectivity index (χ1v) is 8.29. The Labute approximate surface area is 129 Å². The van der Waals surface area contributed by atoms with Crippen LogP contribution in [-0.2, 0) is 5.54 Å². The van der Waals surface area contributed by atoms with Crippen molar-refractivity contribution in [2.45, 2.75) is 43.7 Å². The van der Waals surface area contributed by atoms with Gasteiger partial charge in [-0.25, -0.2) is 0 Å². The zero-order valence-corrected chi connectivity index (χ0v) is 13.7. The van der Waals surface area contributed by atoms with Crippen LogP contribution in [0.25, 0.3) is 0 Å². The predicted octanol–water partition coefficient (Wildman–Crippen LogP) is 2.37. The van der Waals surface area contributed by atoms with Gasteiger partial charge in [-0.15, -0.1) is 0 Å². The maximum absolute atomic E-state index is 6.34. The molecule has 1 aromatic rings. The fraction of sp³-hybridized carbons (Fsp3) is 0.667. The molecule has 3 unspecified atom stereocenters. The van der Waals surface area contributed by atoms with E-state index in [1.54, 1.807) is 0 Å². The van der Waals surface area contributed by atoms with Gasteiger partial charge in [-0.3, -0.25) is 4.90 Å². The van der Waals surface area contributed by atoms with Gasteiger partial charge in [0.15, 0.2) is 0 Å². The maximum Gasteiger partial charge on any atom is 0.0587 e. The average molecular weight is 287 g/mol. The first kappa shape index (κ1) is 15.0. The lowest BCUT2D eigenvalue weighted by atomic mass is 9.71. The first-order valence-electron chi connectivity index (χ1n) is 8.29. The van der Waals surface area contributed by atoms with Gasteiger partial charge in [0.05, 0.1) is 5.54 Å². The normalized spacial score (nSPS) is 33.4. The van der Waals surface area contributed by atoms with Crippen molar-refractivity contribution in [1.82, 2.24) is 9.80 Å². The number of nitrogens with two attached hydrogens (primary N) is 1. The highest BCUT2D eigenvalue weighted by Gasteiger charge is 2.44. The molecule has 21 heavy (non-hydrogen) atoms. The second-order valence-electron chi connectivity index (χ2n) is 7.11. The largest absolute Gasteiger partial charge is 0.328 e. The van der Waals surface area contributed by atoms with Gasteiger partial charge in [0.1, 0.15) is 0 Å². The number of likely N-dealkylation sites (N-methyl/N-ethyl adjacent to an activating group) is 1. The molecule has 3 atom stereocenters. The molecule has 1 fully saturated rings. The summed E-state index contributed by atoms with van der Waals surface area (Å²) in [6.07, 6.45) is 3.70. The van der Waals surface area contributed by atoms with Crippen LogP contribution in [0.4, 0.5) is 0 Å². The molecule has 1 aliphatic carbocycles. The summed E-state index contributed by atoms with van der Waals surface area (Å²) in [5.74, 6) is 0.660. The smallest absolute Gasteiger partial charge is 0.0587 e. The lowest BCUT2D eigenvalue weighted by molar-refractivity contribution is 0.0896. The van der Waals surface area contributed by atoms with Gasteiger partial charge in [-0.1, -0.05) is 31.2 Å². The molecule has 0 amide bonds. The Kier molecular flexibility index (Phi) is 4.08. The van der Waals surface area contributed by atoms with Crippen molar-refractivity contribution in [3.8, 4) is 0 Å². The van der Waals surface area contributed by atoms with Gasteiger partial charge < -0.3 is 10.6 Å². The summed E-state index contributed by atoms with van der Waals surface area (Å²) < 4.78 is 0. The van der Waals surface area contributed by atoms with Crippen LogP contribution in [0.3, 0.4) is 0 Å². The van der Waals surface area contributed by atoms with Gasteiger partial charge >= 0.3 is 0 Å². The Hall–Kier alpha value is -0.900. The number of likely N-dealkylation sites (tertiary alicyclic amines) is 1. The summed E-state index contributed by atoms with van der Waals surface area (Å²) >= 11 is 0. The summed E-state index contributed by atoms with van der Waals surface area (Å²) in [7, 11) is 4.39. The van der Waals surface area contributed by atoms with E-state index in [0.717, 1.165) is 13.1 Å². The molecule has 0 aromatic heterocycles. The topological polar surface area (TPSA) is 32.5 Å². The molecule has 1 heterocycles. The third-order valence-electron chi connectivity index (χ3n) is 5.82. The number of nitrogens with zero attached hydrogens (tertiary/aromatic N) is 2. The van der Waals surface area contributed by atoms with Crippen molar-refractivity contribution in [2.75, 3.05) is 33.7 Å². The Bertz CT molecular complexity index is 499. The predicted molar refractivity (Wildman–Crippen MR) is 88.5 cm³/mol. The second kappa shape index (κ2) is 5.71. The Balaban J connectivity index is 1.96. The van der Waals surface area contributed by atoms with Crippen molar-refractivity contribution >= 4 is 0 Å². The minimum Gasteiger partial charge on any atom is -0.328 e. The molecule has 3 nitrogen and oxygen atoms in total. The van der Waals surface area contributed by atoms with Crippen molar-refractivity contribution in [3.63, 3.8) is 0 Å². The Morgan fingerprint density at radius 2 is 2.05 bits per heavy atom. The van der Waals surface area contributed by atoms with E-state index < -0.39 is 0 Å². The van der Waals surface area contributed by atoms with Crippen molar-refractivity contribution in [3.05, 3.63) is 35.4 Å². The van der Waals surface area contributed by atoms with Crippen LogP contribution in [-0.4, -0.2) is 49.6 Å². The summed E-state index contributed by atoms with van der Waals surface area (Å²) in [4.78, 5) is 5.03. The van der Waals surface area contributed by atoms with Crippen LogP contribution < -0.4 is 5.73 Å². The zero-order chi connectivity index (χ0) is 15.0. The van der Waals surface area contributed by atoms with E-state index in [9.17, 15) is 0 Å². The van der Waals surface area contributed by atoms with E-state index in [2.05, 4.69) is 55.1 Å². The van der Waals surface area contributed by atoms with E-state index in [0.29, 0.717) is 12.0 Å². The van der Waals surface area contributed by atoms with E-state index in [-0.39, 0.29) is 5.54 Å². The molecule has 116 valence electrons. The Morgan fingerprint density at radius 1 is 1.29 bits per heavy atom. The van der Waals surface area contributed by atoms with Gasteiger partial charge in [-0.05, 0) is 50.4 Å². The fourth-order valence-electron chi connectivity index (χ4n) is 4.32. The summed E-state index contributed by atoms with van der Waals surface area (Å²) in [5.41, 5.74) is 9.42. The zero-order valence-electron chi connectivity index (χ0n) is 13.7. The molecule has 0 radical (unpaired) electrons. The van der Waals surface area contributed by atoms with Gasteiger partial charge in [0.25, 0.3) is 0 Å². The maximum atomic E-state index is 6.34. The quantitative estimate of drug-likeness (QED) is 0.926. The number of rotatable bonds is 3. The van der Waals surface area contributed by atoms with E-state index >= 15 is 0 Å². The molecule has 2 N–H and O–H groups in total. The molecular weight excluding hydrogens is 258 g/mol. The van der Waals surface area contributed by atoms with Crippen molar-refractivity contribution < 1.29 is 0 Å². The monoisotopic (exact) mass is 287 g/mol. The van der Waals surface area contributed by atoms with Gasteiger partial charge in [-0.2, -0.15) is 0 Å². The van der Waals surface area contributed by atoms with Crippen molar-refractivity contribution in [1.29, 1.82) is 0 Å². The van der Waals surface area contributed by atoms with E-state index in [1.807, 2.05) is 0 Å². The standard InChI is InChI=1S/C18H29N3/c1-14-8-10-18(13-19,17-7-5-4-6-16(14)17)21-11-9-15(12-21)20(2)3/h4-7,14-15H,8-13,19H2,1-3H3. The van der Waals surface area contributed by atoms with Crippen LogP contribution >= 0.6 is 0 Å². The average Bonchev–Trinajstić information content (AvgIpc) is 2.99. The van der Waals surface area contributed by atoms with Gasteiger partial charge in [0.2, 0.25) is 0 Å². The molecule has 3 rings (SSSR count). The molecule has 0 bridgehead atoms. The minimum atomic E-state index is 0.0634. The minimum absolute atomic E-state index is 0.0634. The first-order chi connectivity index (χ1) is 10.1. The summed E-state index contributed by atoms with van der Waals surface area (Å²) in [6, 6.07) is 9.65. The summed E-state index contributed by atoms with van der Waals surface area (Å²) in [5, 5.41) is 0. The van der Waals surface area contributed by atoms with E-state index in [1.165, 1.54) is 36.9 Å². The number of benzene rings is 1. The molecule has 3 heteroatoms. The number of hydrogen-bond acceptors (Lipinski definition) is 3. The highest BCUT2D eigenvalue weighted by Crippen LogP contribution is 2.45. The van der Waals surface area contributed by atoms with Crippen LogP contribution in [0.15, 0.2) is 24.3 Å². The fourth-order valence-corrected chi connectivity index (χ4v) is 4.32.